The van der Waals surface area contributed by atoms with E-state index in [1.54, 1.807) is 12.1 Å². The lowest BCUT2D eigenvalue weighted by molar-refractivity contribution is 0.472. The number of nitrogens with one attached hydrogen (secondary N) is 1. The Hall–Kier alpha value is -0.670. The van der Waals surface area contributed by atoms with Crippen LogP contribution in [-0.4, -0.2) is 23.2 Å². The van der Waals surface area contributed by atoms with E-state index < -0.39 is 0 Å². The molecule has 15 heavy (non-hydrogen) atoms. The monoisotopic (exact) mass is 225 g/mol. The summed E-state index contributed by atoms with van der Waals surface area (Å²) in [5, 5.41) is 13.4. The van der Waals surface area contributed by atoms with E-state index in [2.05, 4.69) is 25.4 Å². The molecule has 0 aliphatic carbocycles. The number of hydrogen-bond acceptors (Lipinski definition) is 3. The quantitative estimate of drug-likeness (QED) is 0.808. The van der Waals surface area contributed by atoms with Crippen molar-refractivity contribution >= 4 is 11.8 Å². The van der Waals surface area contributed by atoms with Crippen LogP contribution in [0.25, 0.3) is 0 Å². The van der Waals surface area contributed by atoms with E-state index >= 15 is 0 Å². The van der Waals surface area contributed by atoms with Gasteiger partial charge in [-0.3, -0.25) is 0 Å². The molecule has 0 amide bonds. The third-order valence-electron chi connectivity index (χ3n) is 2.48. The maximum absolute atomic E-state index is 9.35. The van der Waals surface area contributed by atoms with Crippen LogP contribution in [0, 0.1) is 0 Å². The number of phenolic OH excluding ortho intramolecular Hbond substituents is 1. The summed E-state index contributed by atoms with van der Waals surface area (Å²) in [6.07, 6.45) is 2.12. The summed E-state index contributed by atoms with van der Waals surface area (Å²) in [4.78, 5) is 0. The van der Waals surface area contributed by atoms with Crippen molar-refractivity contribution in [1.29, 1.82) is 0 Å². The average molecular weight is 225 g/mol. The zero-order chi connectivity index (χ0) is 11.3. The molecule has 0 aliphatic heterocycles. The highest BCUT2D eigenvalue weighted by molar-refractivity contribution is 7.99. The Morgan fingerprint density at radius 3 is 2.73 bits per heavy atom. The van der Waals surface area contributed by atoms with Gasteiger partial charge in [-0.05, 0) is 30.9 Å². The zero-order valence-corrected chi connectivity index (χ0v) is 10.3. The summed E-state index contributed by atoms with van der Waals surface area (Å²) in [5.41, 5.74) is 1.13. The van der Waals surface area contributed by atoms with E-state index in [1.165, 1.54) is 0 Å². The van der Waals surface area contributed by atoms with Crippen LogP contribution >= 0.6 is 11.8 Å². The highest BCUT2D eigenvalue weighted by atomic mass is 32.2. The summed E-state index contributed by atoms with van der Waals surface area (Å²) >= 11 is 1.85. The van der Waals surface area contributed by atoms with Gasteiger partial charge in [-0.15, -0.1) is 0 Å². The van der Waals surface area contributed by atoms with Crippen LogP contribution in [-0.2, 0) is 0 Å². The van der Waals surface area contributed by atoms with Gasteiger partial charge in [0.25, 0.3) is 0 Å². The van der Waals surface area contributed by atoms with E-state index in [-0.39, 0.29) is 6.04 Å². The lowest BCUT2D eigenvalue weighted by Crippen LogP contribution is -2.25. The molecule has 0 aliphatic rings. The Morgan fingerprint density at radius 1 is 1.40 bits per heavy atom. The number of rotatable bonds is 5. The minimum absolute atomic E-state index is 0.284. The molecular weight excluding hydrogens is 206 g/mol. The molecule has 0 radical (unpaired) electrons. The Kier molecular flexibility index (Phi) is 4.99. The summed E-state index contributed by atoms with van der Waals surface area (Å²) in [5.74, 6) is 0.332. The summed E-state index contributed by atoms with van der Waals surface area (Å²) in [6.45, 7) is 5.30. The Morgan fingerprint density at radius 2 is 2.13 bits per heavy atom. The molecule has 1 rings (SSSR count). The summed E-state index contributed by atoms with van der Waals surface area (Å²) < 4.78 is 0. The van der Waals surface area contributed by atoms with Gasteiger partial charge in [-0.25, -0.2) is 0 Å². The number of hydrogen-bond donors (Lipinski definition) is 2. The molecule has 2 unspecified atom stereocenters. The second kappa shape index (κ2) is 6.03. The van der Waals surface area contributed by atoms with E-state index in [0.29, 0.717) is 11.0 Å². The zero-order valence-electron chi connectivity index (χ0n) is 9.53. The standard InChI is InChI=1S/C12H19NOS/c1-9(15-3)8-13-10(2)11-5-4-6-12(14)7-11/h4-7,9-10,13-14H,8H2,1-3H3. The van der Waals surface area contributed by atoms with Gasteiger partial charge in [-0.1, -0.05) is 19.1 Å². The van der Waals surface area contributed by atoms with Crippen molar-refractivity contribution in [3.63, 3.8) is 0 Å². The predicted molar refractivity (Wildman–Crippen MR) is 67.5 cm³/mol. The van der Waals surface area contributed by atoms with E-state index in [9.17, 15) is 5.11 Å². The fourth-order valence-corrected chi connectivity index (χ4v) is 1.60. The van der Waals surface area contributed by atoms with Crippen LogP contribution in [0.1, 0.15) is 25.5 Å². The topological polar surface area (TPSA) is 32.3 Å². The van der Waals surface area contributed by atoms with Crippen LogP contribution < -0.4 is 5.32 Å². The van der Waals surface area contributed by atoms with Gasteiger partial charge in [0.15, 0.2) is 0 Å². The second-order valence-corrected chi connectivity index (χ2v) is 5.05. The molecule has 84 valence electrons. The van der Waals surface area contributed by atoms with Crippen molar-refractivity contribution in [3.8, 4) is 5.75 Å². The molecule has 2 nitrogen and oxygen atoms in total. The van der Waals surface area contributed by atoms with E-state index in [0.717, 1.165) is 12.1 Å². The van der Waals surface area contributed by atoms with Crippen LogP contribution in [0.5, 0.6) is 5.75 Å². The molecule has 1 aromatic rings. The molecule has 3 heteroatoms. The van der Waals surface area contributed by atoms with Crippen molar-refractivity contribution in [2.45, 2.75) is 25.1 Å². The van der Waals surface area contributed by atoms with Crippen molar-refractivity contribution in [3.05, 3.63) is 29.8 Å². The van der Waals surface area contributed by atoms with Crippen LogP contribution in [0.2, 0.25) is 0 Å². The Bertz CT molecular complexity index is 303. The van der Waals surface area contributed by atoms with Crippen molar-refractivity contribution < 1.29 is 5.11 Å². The molecule has 0 spiro atoms. The van der Waals surface area contributed by atoms with Gasteiger partial charge in [0, 0.05) is 17.8 Å². The first kappa shape index (κ1) is 12.4. The van der Waals surface area contributed by atoms with Gasteiger partial charge in [0.05, 0.1) is 0 Å². The Balaban J connectivity index is 2.50. The average Bonchev–Trinajstić information content (AvgIpc) is 2.25. The SMILES string of the molecule is CSC(C)CNC(C)c1cccc(O)c1. The molecule has 0 fully saturated rings. The highest BCUT2D eigenvalue weighted by Crippen LogP contribution is 2.18. The highest BCUT2D eigenvalue weighted by Gasteiger charge is 2.06. The van der Waals surface area contributed by atoms with Crippen LogP contribution in [0.15, 0.2) is 24.3 Å². The predicted octanol–water partition coefficient (Wildman–Crippen LogP) is 2.79. The lowest BCUT2D eigenvalue weighted by atomic mass is 10.1. The van der Waals surface area contributed by atoms with Gasteiger partial charge in [0.2, 0.25) is 0 Å². The smallest absolute Gasteiger partial charge is 0.115 e. The van der Waals surface area contributed by atoms with Crippen LogP contribution in [0.3, 0.4) is 0 Å². The summed E-state index contributed by atoms with van der Waals surface area (Å²) in [6, 6.07) is 7.69. The van der Waals surface area contributed by atoms with E-state index in [4.69, 9.17) is 0 Å². The van der Waals surface area contributed by atoms with Gasteiger partial charge >= 0.3 is 0 Å². The van der Waals surface area contributed by atoms with Gasteiger partial charge < -0.3 is 10.4 Å². The molecule has 2 N–H and O–H groups in total. The number of thioether (sulfide) groups is 1. The molecule has 0 bridgehead atoms. The molecular formula is C12H19NOS. The third kappa shape index (κ3) is 4.14. The van der Waals surface area contributed by atoms with E-state index in [1.807, 2.05) is 23.9 Å². The van der Waals surface area contributed by atoms with Crippen molar-refractivity contribution in [2.24, 2.45) is 0 Å². The molecule has 0 heterocycles. The minimum atomic E-state index is 0.284. The molecule has 0 aromatic heterocycles. The third-order valence-corrected chi connectivity index (χ3v) is 3.46. The first-order valence-electron chi connectivity index (χ1n) is 5.18. The number of phenols is 1. The van der Waals surface area contributed by atoms with Crippen LogP contribution in [0.4, 0.5) is 0 Å². The maximum Gasteiger partial charge on any atom is 0.115 e. The molecule has 0 saturated heterocycles. The Labute approximate surface area is 96.1 Å². The molecule has 1 aromatic carbocycles. The fraction of sp³-hybridized carbons (Fsp3) is 0.500. The minimum Gasteiger partial charge on any atom is -0.508 e. The number of aromatic hydroxyl groups is 1. The fourth-order valence-electron chi connectivity index (χ4n) is 1.34. The normalized spacial score (nSPS) is 14.9. The second-order valence-electron chi connectivity index (χ2n) is 3.77. The van der Waals surface area contributed by atoms with Crippen molar-refractivity contribution in [1.82, 2.24) is 5.32 Å². The van der Waals surface area contributed by atoms with Gasteiger partial charge in [0.1, 0.15) is 5.75 Å². The van der Waals surface area contributed by atoms with Gasteiger partial charge in [-0.2, -0.15) is 11.8 Å². The largest absolute Gasteiger partial charge is 0.508 e. The first-order valence-corrected chi connectivity index (χ1v) is 6.47. The molecule has 0 saturated carbocycles. The summed E-state index contributed by atoms with van der Waals surface area (Å²) in [7, 11) is 0. The lowest BCUT2D eigenvalue weighted by Gasteiger charge is -2.17. The molecule has 2 atom stereocenters. The first-order chi connectivity index (χ1) is 7.13. The van der Waals surface area contributed by atoms with Crippen molar-refractivity contribution in [2.75, 3.05) is 12.8 Å². The number of benzene rings is 1. The maximum atomic E-state index is 9.35.